The van der Waals surface area contributed by atoms with Crippen LogP contribution in [0.4, 0.5) is 5.69 Å². The Morgan fingerprint density at radius 3 is 2.81 bits per heavy atom. The summed E-state index contributed by atoms with van der Waals surface area (Å²) >= 11 is 1.20. The Morgan fingerprint density at radius 2 is 2.08 bits per heavy atom. The summed E-state index contributed by atoms with van der Waals surface area (Å²) in [6.45, 7) is 2.59. The molecule has 0 fully saturated rings. The van der Waals surface area contributed by atoms with E-state index in [1.165, 1.54) is 22.2 Å². The first-order valence-electron chi connectivity index (χ1n) is 7.98. The maximum absolute atomic E-state index is 12.7. The normalized spacial score (nSPS) is 10.9. The molecule has 1 aromatic carbocycles. The van der Waals surface area contributed by atoms with Gasteiger partial charge in [0.15, 0.2) is 0 Å². The number of carbonyl (C=O) groups excluding carboxylic acids is 1. The Bertz CT molecular complexity index is 1010. The third-order valence-electron chi connectivity index (χ3n) is 4.02. The second-order valence-electron chi connectivity index (χ2n) is 5.63. The lowest BCUT2D eigenvalue weighted by Gasteiger charge is -2.09. The Hall–Kier alpha value is -2.71. The van der Waals surface area contributed by atoms with Crippen molar-refractivity contribution in [2.45, 2.75) is 13.5 Å². The first kappa shape index (κ1) is 18.1. The van der Waals surface area contributed by atoms with E-state index in [4.69, 9.17) is 9.47 Å². The largest absolute Gasteiger partial charge is 0.495 e. The highest BCUT2D eigenvalue weighted by Gasteiger charge is 2.20. The summed E-state index contributed by atoms with van der Waals surface area (Å²) in [5, 5.41) is 3.31. The van der Waals surface area contributed by atoms with Gasteiger partial charge in [0.25, 0.3) is 11.5 Å². The van der Waals surface area contributed by atoms with Crippen LogP contribution >= 0.6 is 11.3 Å². The predicted octanol–water partition coefficient (Wildman–Crippen LogP) is 2.67. The highest BCUT2D eigenvalue weighted by molar-refractivity contribution is 7.20. The molecule has 0 spiro atoms. The van der Waals surface area contributed by atoms with E-state index in [1.807, 2.05) is 12.1 Å². The van der Waals surface area contributed by atoms with Gasteiger partial charge in [-0.05, 0) is 24.6 Å². The van der Waals surface area contributed by atoms with Crippen LogP contribution < -0.4 is 15.6 Å². The molecule has 2 heterocycles. The Kier molecular flexibility index (Phi) is 5.34. The van der Waals surface area contributed by atoms with Crippen molar-refractivity contribution >= 4 is 33.1 Å². The van der Waals surface area contributed by atoms with Crippen LogP contribution in [-0.2, 0) is 11.3 Å². The lowest BCUT2D eigenvalue weighted by Crippen LogP contribution is -2.22. The highest BCUT2D eigenvalue weighted by Crippen LogP contribution is 2.29. The first-order chi connectivity index (χ1) is 12.6. The average Bonchev–Trinajstić information content (AvgIpc) is 2.99. The number of ether oxygens (including phenoxy) is 2. The number of fused-ring (bicyclic) bond motifs is 1. The molecule has 0 atom stereocenters. The Labute approximate surface area is 154 Å². The molecule has 3 aromatic rings. The number of hydrogen-bond acceptors (Lipinski definition) is 6. The number of nitrogens with zero attached hydrogens (tertiary/aromatic N) is 2. The van der Waals surface area contributed by atoms with Crippen LogP contribution in [0.15, 0.2) is 35.4 Å². The van der Waals surface area contributed by atoms with Crippen LogP contribution in [0.2, 0.25) is 0 Å². The molecule has 3 rings (SSSR count). The number of amides is 1. The quantitative estimate of drug-likeness (QED) is 0.718. The predicted molar refractivity (Wildman–Crippen MR) is 101 cm³/mol. The number of aromatic nitrogens is 2. The average molecular weight is 373 g/mol. The van der Waals surface area contributed by atoms with Crippen LogP contribution in [-0.4, -0.2) is 36.3 Å². The van der Waals surface area contributed by atoms with Gasteiger partial charge >= 0.3 is 0 Å². The third-order valence-corrected chi connectivity index (χ3v) is 5.21. The van der Waals surface area contributed by atoms with Gasteiger partial charge in [0, 0.05) is 7.11 Å². The number of aryl methyl sites for hydroxylation is 1. The van der Waals surface area contributed by atoms with E-state index in [-0.39, 0.29) is 11.5 Å². The van der Waals surface area contributed by atoms with Gasteiger partial charge in [-0.3, -0.25) is 14.2 Å². The molecule has 26 heavy (non-hydrogen) atoms. The molecule has 1 N–H and O–H groups in total. The number of methoxy groups -OCH3 is 2. The van der Waals surface area contributed by atoms with Gasteiger partial charge in [-0.15, -0.1) is 11.3 Å². The first-order valence-corrected chi connectivity index (χ1v) is 8.80. The lowest BCUT2D eigenvalue weighted by atomic mass is 10.2. The van der Waals surface area contributed by atoms with E-state index in [1.54, 1.807) is 33.3 Å². The molecule has 7 nitrogen and oxygen atoms in total. The minimum atomic E-state index is -0.294. The fourth-order valence-corrected chi connectivity index (χ4v) is 3.69. The minimum Gasteiger partial charge on any atom is -0.495 e. The van der Waals surface area contributed by atoms with Crippen molar-refractivity contribution in [2.24, 2.45) is 0 Å². The van der Waals surface area contributed by atoms with E-state index in [0.29, 0.717) is 45.2 Å². The second kappa shape index (κ2) is 7.67. The van der Waals surface area contributed by atoms with E-state index >= 15 is 0 Å². The van der Waals surface area contributed by atoms with Gasteiger partial charge in [0.1, 0.15) is 10.6 Å². The molecule has 0 aliphatic carbocycles. The summed E-state index contributed by atoms with van der Waals surface area (Å²) in [5.41, 5.74) is 1.03. The Balaban J connectivity index is 1.97. The number of hydrogen-bond donors (Lipinski definition) is 1. The van der Waals surface area contributed by atoms with Gasteiger partial charge in [0.05, 0.1) is 42.5 Å². The van der Waals surface area contributed by atoms with Crippen LogP contribution in [0.5, 0.6) is 5.75 Å². The lowest BCUT2D eigenvalue weighted by molar-refractivity contribution is 0.102. The number of thiophene rings is 1. The third kappa shape index (κ3) is 3.33. The van der Waals surface area contributed by atoms with Crippen LogP contribution in [0.1, 0.15) is 15.2 Å². The molecule has 136 valence electrons. The van der Waals surface area contributed by atoms with Gasteiger partial charge in [-0.25, -0.2) is 4.98 Å². The summed E-state index contributed by atoms with van der Waals surface area (Å²) in [6, 6.07) is 7.16. The van der Waals surface area contributed by atoms with Crippen molar-refractivity contribution in [3.63, 3.8) is 0 Å². The van der Waals surface area contributed by atoms with Crippen molar-refractivity contribution in [1.82, 2.24) is 9.55 Å². The van der Waals surface area contributed by atoms with E-state index in [9.17, 15) is 9.59 Å². The van der Waals surface area contributed by atoms with Gasteiger partial charge in [0.2, 0.25) is 0 Å². The number of benzene rings is 1. The summed E-state index contributed by atoms with van der Waals surface area (Å²) in [4.78, 5) is 30.7. The summed E-state index contributed by atoms with van der Waals surface area (Å²) < 4.78 is 11.8. The molecular weight excluding hydrogens is 354 g/mol. The van der Waals surface area contributed by atoms with Crippen molar-refractivity contribution in [3.8, 4) is 5.75 Å². The fraction of sp³-hybridized carbons (Fsp3) is 0.278. The maximum Gasteiger partial charge on any atom is 0.266 e. The highest BCUT2D eigenvalue weighted by atomic mass is 32.1. The summed E-state index contributed by atoms with van der Waals surface area (Å²) in [6.07, 6.45) is 1.49. The maximum atomic E-state index is 12.7. The molecule has 0 bridgehead atoms. The molecule has 0 saturated heterocycles. The molecule has 0 aliphatic rings. The molecule has 0 aliphatic heterocycles. The topological polar surface area (TPSA) is 82.5 Å². The molecule has 1 amide bonds. The summed E-state index contributed by atoms with van der Waals surface area (Å²) in [7, 11) is 3.12. The number of carbonyl (C=O) groups is 1. The molecule has 0 radical (unpaired) electrons. The number of rotatable bonds is 6. The zero-order valence-corrected chi connectivity index (χ0v) is 15.6. The standard InChI is InChI=1S/C18H19N3O4S/c1-11-14-17(19-10-21(18(14)23)8-9-24-2)26-15(11)16(22)20-12-6-4-5-7-13(12)25-3/h4-7,10H,8-9H2,1-3H3,(H,20,22). The minimum absolute atomic E-state index is 0.169. The second-order valence-corrected chi connectivity index (χ2v) is 6.63. The van der Waals surface area contributed by atoms with Crippen LogP contribution in [0.25, 0.3) is 10.2 Å². The van der Waals surface area contributed by atoms with E-state index in [2.05, 4.69) is 10.3 Å². The van der Waals surface area contributed by atoms with Gasteiger partial charge in [-0.1, -0.05) is 12.1 Å². The monoisotopic (exact) mass is 373 g/mol. The van der Waals surface area contributed by atoms with E-state index in [0.717, 1.165) is 0 Å². The molecule has 8 heteroatoms. The zero-order chi connectivity index (χ0) is 18.7. The van der Waals surface area contributed by atoms with Gasteiger partial charge in [-0.2, -0.15) is 0 Å². The van der Waals surface area contributed by atoms with Crippen LogP contribution in [0, 0.1) is 6.92 Å². The molecule has 2 aromatic heterocycles. The fourth-order valence-electron chi connectivity index (χ4n) is 2.65. The molecular formula is C18H19N3O4S. The number of para-hydroxylation sites is 2. The number of nitrogens with one attached hydrogen (secondary N) is 1. The summed E-state index contributed by atoms with van der Waals surface area (Å²) in [5.74, 6) is 0.275. The van der Waals surface area contributed by atoms with Crippen molar-refractivity contribution in [2.75, 3.05) is 26.1 Å². The van der Waals surface area contributed by atoms with E-state index < -0.39 is 0 Å². The van der Waals surface area contributed by atoms with Gasteiger partial charge < -0.3 is 14.8 Å². The SMILES string of the molecule is COCCn1cnc2sc(C(=O)Nc3ccccc3OC)c(C)c2c1=O. The van der Waals surface area contributed by atoms with Crippen molar-refractivity contribution in [1.29, 1.82) is 0 Å². The molecule has 0 saturated carbocycles. The van der Waals surface area contributed by atoms with Crippen molar-refractivity contribution < 1.29 is 14.3 Å². The zero-order valence-electron chi connectivity index (χ0n) is 14.7. The van der Waals surface area contributed by atoms with Crippen molar-refractivity contribution in [3.05, 3.63) is 51.4 Å². The smallest absolute Gasteiger partial charge is 0.266 e. The number of anilines is 1. The molecule has 0 unspecified atom stereocenters. The Morgan fingerprint density at radius 1 is 1.31 bits per heavy atom. The van der Waals surface area contributed by atoms with Crippen LogP contribution in [0.3, 0.4) is 0 Å².